The second-order valence-corrected chi connectivity index (χ2v) is 4.77. The van der Waals surface area contributed by atoms with Gasteiger partial charge in [-0.3, -0.25) is 14.6 Å². The number of nitrogens with one attached hydrogen (secondary N) is 2. The van der Waals surface area contributed by atoms with Gasteiger partial charge in [-0.25, -0.2) is 5.73 Å². The molecule has 1 rings (SSSR count). The van der Waals surface area contributed by atoms with Gasteiger partial charge >= 0.3 is 0 Å². The Bertz CT molecular complexity index is 598. The number of anilines is 1. The lowest BCUT2D eigenvalue weighted by atomic mass is 10.1. The van der Waals surface area contributed by atoms with Crippen LogP contribution in [0.4, 0.5) is 5.69 Å². The standard InChI is InChI=1S/C14H21N6O3/c1-23-11-5-4-8(7-9(11)12(16)21)20-13(22)10(15)3-2-6-19-14(17)18/h4-5,7,10,15H,2-3,6H2,1H3,(H2,16,21)(H,20,22)(H4,17,18,19)/t10-/m1/s1. The maximum Gasteiger partial charge on any atom is 0.252 e. The van der Waals surface area contributed by atoms with Gasteiger partial charge in [-0.15, -0.1) is 0 Å². The Labute approximate surface area is 134 Å². The van der Waals surface area contributed by atoms with Crippen LogP contribution in [0.15, 0.2) is 23.2 Å². The van der Waals surface area contributed by atoms with Crippen LogP contribution in [0.5, 0.6) is 5.75 Å². The van der Waals surface area contributed by atoms with Crippen molar-refractivity contribution in [2.24, 2.45) is 22.2 Å². The number of primary amides is 1. The molecule has 125 valence electrons. The summed E-state index contributed by atoms with van der Waals surface area (Å²) in [6.07, 6.45) is 0.816. The highest BCUT2D eigenvalue weighted by molar-refractivity contribution is 5.99. The Kier molecular flexibility index (Phi) is 6.81. The zero-order valence-corrected chi connectivity index (χ0v) is 12.8. The fraction of sp³-hybridized carbons (Fsp3) is 0.357. The summed E-state index contributed by atoms with van der Waals surface area (Å²) < 4.78 is 5.02. The number of benzene rings is 1. The summed E-state index contributed by atoms with van der Waals surface area (Å²) in [7, 11) is 1.41. The Balaban J connectivity index is 2.64. The van der Waals surface area contributed by atoms with Crippen LogP contribution >= 0.6 is 0 Å². The molecule has 2 amide bonds. The molecule has 0 aliphatic carbocycles. The first-order chi connectivity index (χ1) is 10.8. The summed E-state index contributed by atoms with van der Waals surface area (Å²) in [5, 5.41) is 2.56. The molecule has 0 heterocycles. The van der Waals surface area contributed by atoms with E-state index in [1.165, 1.54) is 19.2 Å². The number of amides is 2. The smallest absolute Gasteiger partial charge is 0.252 e. The molecule has 1 radical (unpaired) electrons. The number of nitrogens with zero attached hydrogens (tertiary/aromatic N) is 1. The van der Waals surface area contributed by atoms with E-state index in [2.05, 4.69) is 10.3 Å². The number of hydrogen-bond donors (Lipinski definition) is 4. The number of ether oxygens (including phenoxy) is 1. The van der Waals surface area contributed by atoms with E-state index in [-0.39, 0.29) is 11.5 Å². The first kappa shape index (κ1) is 18.2. The van der Waals surface area contributed by atoms with Crippen molar-refractivity contribution in [3.8, 4) is 5.75 Å². The Hall–Kier alpha value is -2.81. The zero-order valence-electron chi connectivity index (χ0n) is 12.8. The molecule has 0 aromatic heterocycles. The van der Waals surface area contributed by atoms with Crippen LogP contribution < -0.4 is 33.0 Å². The summed E-state index contributed by atoms with van der Waals surface area (Å²) in [5.74, 6) is -0.865. The number of carbonyl (C=O) groups is 2. The maximum absolute atomic E-state index is 11.9. The fourth-order valence-electron chi connectivity index (χ4n) is 1.84. The third-order valence-electron chi connectivity index (χ3n) is 2.99. The van der Waals surface area contributed by atoms with Crippen molar-refractivity contribution in [3.05, 3.63) is 23.8 Å². The predicted octanol–water partition coefficient (Wildman–Crippen LogP) is -0.562. The van der Waals surface area contributed by atoms with E-state index in [9.17, 15) is 9.59 Å². The van der Waals surface area contributed by atoms with Crippen LogP contribution in [-0.4, -0.2) is 37.5 Å². The predicted molar refractivity (Wildman–Crippen MR) is 86.9 cm³/mol. The quantitative estimate of drug-likeness (QED) is 0.285. The molecule has 0 bridgehead atoms. The molecule has 0 saturated heterocycles. The number of methoxy groups -OCH3 is 1. The molecule has 1 aromatic carbocycles. The number of rotatable bonds is 8. The molecular formula is C14H21N6O3. The summed E-state index contributed by atoms with van der Waals surface area (Å²) in [5.41, 5.74) is 23.9. The lowest BCUT2D eigenvalue weighted by Gasteiger charge is -2.13. The van der Waals surface area contributed by atoms with Crippen LogP contribution in [-0.2, 0) is 4.79 Å². The van der Waals surface area contributed by atoms with Crippen molar-refractivity contribution in [3.63, 3.8) is 0 Å². The van der Waals surface area contributed by atoms with Gasteiger partial charge in [0.25, 0.3) is 5.91 Å². The summed E-state index contributed by atoms with van der Waals surface area (Å²) in [4.78, 5) is 27.1. The van der Waals surface area contributed by atoms with E-state index in [1.807, 2.05) is 0 Å². The molecule has 0 saturated carbocycles. The van der Waals surface area contributed by atoms with E-state index < -0.39 is 17.9 Å². The van der Waals surface area contributed by atoms with Crippen LogP contribution in [0.2, 0.25) is 0 Å². The maximum atomic E-state index is 11.9. The zero-order chi connectivity index (χ0) is 17.4. The Morgan fingerprint density at radius 1 is 1.35 bits per heavy atom. The summed E-state index contributed by atoms with van der Waals surface area (Å²) >= 11 is 0. The van der Waals surface area contributed by atoms with Gasteiger partial charge in [0, 0.05) is 12.2 Å². The molecule has 0 fully saturated rings. The number of hydrogen-bond acceptors (Lipinski definition) is 4. The van der Waals surface area contributed by atoms with E-state index in [0.717, 1.165) is 0 Å². The van der Waals surface area contributed by atoms with Crippen LogP contribution in [0.3, 0.4) is 0 Å². The van der Waals surface area contributed by atoms with E-state index in [4.69, 9.17) is 27.7 Å². The van der Waals surface area contributed by atoms with Crippen molar-refractivity contribution < 1.29 is 14.3 Å². The average Bonchev–Trinajstić information content (AvgIpc) is 2.50. The van der Waals surface area contributed by atoms with E-state index in [1.54, 1.807) is 6.07 Å². The minimum absolute atomic E-state index is 0.0202. The summed E-state index contributed by atoms with van der Waals surface area (Å²) in [6, 6.07) is 3.52. The number of aliphatic imine (C=N–C) groups is 1. The van der Waals surface area contributed by atoms with Gasteiger partial charge in [0.2, 0.25) is 5.91 Å². The minimum Gasteiger partial charge on any atom is -0.496 e. The monoisotopic (exact) mass is 321 g/mol. The molecule has 0 aliphatic rings. The normalized spacial score (nSPS) is 11.4. The van der Waals surface area contributed by atoms with Crippen molar-refractivity contribution in [1.82, 2.24) is 5.73 Å². The fourth-order valence-corrected chi connectivity index (χ4v) is 1.84. The second kappa shape index (κ2) is 8.59. The molecule has 9 nitrogen and oxygen atoms in total. The number of nitrogens with two attached hydrogens (primary N) is 3. The lowest BCUT2D eigenvalue weighted by Crippen LogP contribution is -2.29. The first-order valence-corrected chi connectivity index (χ1v) is 6.90. The third kappa shape index (κ3) is 5.83. The van der Waals surface area contributed by atoms with Gasteiger partial charge in [-0.05, 0) is 31.0 Å². The SMILES string of the molecule is COc1ccc(NC(=O)[C@H]([NH])CCCN=C(N)N)cc1C(N)=O. The number of carbonyl (C=O) groups excluding carboxylic acids is 2. The largest absolute Gasteiger partial charge is 0.496 e. The number of guanidine groups is 1. The van der Waals surface area contributed by atoms with Gasteiger partial charge < -0.3 is 27.3 Å². The van der Waals surface area contributed by atoms with E-state index in [0.29, 0.717) is 30.8 Å². The second-order valence-electron chi connectivity index (χ2n) is 4.77. The molecule has 0 spiro atoms. The Morgan fingerprint density at radius 3 is 2.61 bits per heavy atom. The van der Waals surface area contributed by atoms with Gasteiger partial charge in [-0.1, -0.05) is 0 Å². The Morgan fingerprint density at radius 2 is 2.04 bits per heavy atom. The van der Waals surface area contributed by atoms with Gasteiger partial charge in [0.15, 0.2) is 5.96 Å². The van der Waals surface area contributed by atoms with Crippen molar-refractivity contribution in [1.29, 1.82) is 0 Å². The van der Waals surface area contributed by atoms with Crippen molar-refractivity contribution in [2.75, 3.05) is 19.0 Å². The molecule has 1 atom stereocenters. The van der Waals surface area contributed by atoms with Gasteiger partial charge in [-0.2, -0.15) is 0 Å². The molecule has 23 heavy (non-hydrogen) atoms. The lowest BCUT2D eigenvalue weighted by molar-refractivity contribution is -0.117. The molecule has 0 aliphatic heterocycles. The van der Waals surface area contributed by atoms with Crippen molar-refractivity contribution in [2.45, 2.75) is 18.9 Å². The van der Waals surface area contributed by atoms with Gasteiger partial charge in [0.1, 0.15) is 11.8 Å². The molecule has 0 unspecified atom stereocenters. The highest BCUT2D eigenvalue weighted by atomic mass is 16.5. The average molecular weight is 321 g/mol. The van der Waals surface area contributed by atoms with Crippen molar-refractivity contribution >= 4 is 23.5 Å². The van der Waals surface area contributed by atoms with Crippen LogP contribution in [0, 0.1) is 0 Å². The molecule has 8 N–H and O–H groups in total. The van der Waals surface area contributed by atoms with Crippen LogP contribution in [0.1, 0.15) is 23.2 Å². The highest BCUT2D eigenvalue weighted by Crippen LogP contribution is 2.22. The molecule has 1 aromatic rings. The highest BCUT2D eigenvalue weighted by Gasteiger charge is 2.16. The van der Waals surface area contributed by atoms with E-state index >= 15 is 0 Å². The topological polar surface area (TPSA) is 170 Å². The molecule has 9 heteroatoms. The van der Waals surface area contributed by atoms with Gasteiger partial charge in [0.05, 0.1) is 12.7 Å². The first-order valence-electron chi connectivity index (χ1n) is 6.90. The van der Waals surface area contributed by atoms with Crippen LogP contribution in [0.25, 0.3) is 0 Å². The summed E-state index contributed by atoms with van der Waals surface area (Å²) in [6.45, 7) is 0.360. The third-order valence-corrected chi connectivity index (χ3v) is 2.99. The molecular weight excluding hydrogens is 300 g/mol. The minimum atomic E-state index is -0.969.